The van der Waals surface area contributed by atoms with E-state index in [4.69, 9.17) is 0 Å². The Balaban J connectivity index is 1.46. The highest BCUT2D eigenvalue weighted by Crippen LogP contribution is 2.06. The lowest BCUT2D eigenvalue weighted by Crippen LogP contribution is -2.26. The maximum Gasteiger partial charge on any atom is 0.271 e. The zero-order chi connectivity index (χ0) is 18.2. The van der Waals surface area contributed by atoms with E-state index in [1.54, 1.807) is 12.1 Å². The van der Waals surface area contributed by atoms with Crippen LogP contribution < -0.4 is 10.6 Å². The third-order valence-electron chi connectivity index (χ3n) is 3.81. The van der Waals surface area contributed by atoms with Crippen molar-refractivity contribution in [3.8, 4) is 0 Å². The zero-order valence-corrected chi connectivity index (χ0v) is 14.2. The second kappa shape index (κ2) is 8.71. The minimum Gasteiger partial charge on any atom is -0.365 e. The van der Waals surface area contributed by atoms with E-state index in [2.05, 4.69) is 20.6 Å². The van der Waals surface area contributed by atoms with Gasteiger partial charge in [-0.05, 0) is 29.7 Å². The van der Waals surface area contributed by atoms with Crippen LogP contribution in [0.2, 0.25) is 0 Å². The van der Waals surface area contributed by atoms with Crippen molar-refractivity contribution in [2.45, 2.75) is 13.0 Å². The molecule has 0 aliphatic carbocycles. The fraction of sp³-hybridized carbons (Fsp3) is 0.150. The Labute approximate surface area is 151 Å². The minimum atomic E-state index is -0.283. The molecule has 0 aliphatic heterocycles. The Morgan fingerprint density at radius 1 is 0.923 bits per heavy atom. The molecule has 0 saturated carbocycles. The van der Waals surface area contributed by atoms with Crippen molar-refractivity contribution < 1.29 is 9.18 Å². The zero-order valence-electron chi connectivity index (χ0n) is 14.2. The number of hydrogen-bond donors (Lipinski definition) is 2. The van der Waals surface area contributed by atoms with Gasteiger partial charge in [0.2, 0.25) is 0 Å². The lowest BCUT2D eigenvalue weighted by molar-refractivity contribution is 0.0949. The van der Waals surface area contributed by atoms with Crippen molar-refractivity contribution in [2.24, 2.45) is 0 Å². The van der Waals surface area contributed by atoms with Crippen molar-refractivity contribution in [3.63, 3.8) is 0 Å². The largest absolute Gasteiger partial charge is 0.365 e. The van der Waals surface area contributed by atoms with E-state index in [9.17, 15) is 9.18 Å². The lowest BCUT2D eigenvalue weighted by Gasteiger charge is -2.07. The maximum atomic E-state index is 12.9. The van der Waals surface area contributed by atoms with Gasteiger partial charge in [-0.25, -0.2) is 14.4 Å². The highest BCUT2D eigenvalue weighted by molar-refractivity contribution is 5.91. The van der Waals surface area contributed by atoms with E-state index in [0.717, 1.165) is 11.1 Å². The van der Waals surface area contributed by atoms with E-state index < -0.39 is 0 Å². The topological polar surface area (TPSA) is 66.9 Å². The third kappa shape index (κ3) is 5.11. The summed E-state index contributed by atoms with van der Waals surface area (Å²) >= 11 is 0. The number of halogens is 1. The summed E-state index contributed by atoms with van der Waals surface area (Å²) in [6, 6.07) is 16.2. The predicted octanol–water partition coefficient (Wildman–Crippen LogP) is 3.20. The summed E-state index contributed by atoms with van der Waals surface area (Å²) in [5.74, 6) is 0.0555. The highest BCUT2D eigenvalue weighted by Gasteiger charge is 2.07. The molecule has 2 aromatic carbocycles. The molecule has 3 aromatic rings. The van der Waals surface area contributed by atoms with Crippen LogP contribution in [0.4, 0.5) is 10.2 Å². The molecule has 1 aromatic heterocycles. The van der Waals surface area contributed by atoms with Crippen molar-refractivity contribution in [1.29, 1.82) is 0 Å². The SMILES string of the molecule is O=C(NCCc1ccc(F)cc1)c1cnc(NCc2ccccc2)cn1. The number of anilines is 1. The molecule has 0 saturated heterocycles. The van der Waals surface area contributed by atoms with Crippen LogP contribution in [0.1, 0.15) is 21.6 Å². The van der Waals surface area contributed by atoms with Gasteiger partial charge in [0.1, 0.15) is 17.3 Å². The van der Waals surface area contributed by atoms with Crippen molar-refractivity contribution >= 4 is 11.7 Å². The van der Waals surface area contributed by atoms with Crippen LogP contribution in [0, 0.1) is 5.82 Å². The molecule has 2 N–H and O–H groups in total. The third-order valence-corrected chi connectivity index (χ3v) is 3.81. The Bertz CT molecular complexity index is 836. The van der Waals surface area contributed by atoms with Gasteiger partial charge in [0, 0.05) is 13.1 Å². The minimum absolute atomic E-state index is 0.259. The van der Waals surface area contributed by atoms with Gasteiger partial charge in [-0.2, -0.15) is 0 Å². The molecule has 3 rings (SSSR count). The van der Waals surface area contributed by atoms with E-state index in [1.165, 1.54) is 24.5 Å². The molecule has 0 fully saturated rings. The fourth-order valence-corrected chi connectivity index (χ4v) is 2.39. The van der Waals surface area contributed by atoms with Crippen LogP contribution in [0.5, 0.6) is 0 Å². The molecule has 0 aliphatic rings. The molecule has 1 amide bonds. The number of rotatable bonds is 7. The van der Waals surface area contributed by atoms with Crippen LogP contribution in [-0.4, -0.2) is 22.4 Å². The Hall–Kier alpha value is -3.28. The summed E-state index contributed by atoms with van der Waals surface area (Å²) in [7, 11) is 0. The number of aromatic nitrogens is 2. The normalized spacial score (nSPS) is 10.3. The van der Waals surface area contributed by atoms with Crippen LogP contribution >= 0.6 is 0 Å². The molecule has 0 unspecified atom stereocenters. The molecule has 0 atom stereocenters. The standard InChI is InChI=1S/C20H19FN4O/c21-17-8-6-15(7-9-17)10-11-22-20(26)18-13-25-19(14-23-18)24-12-16-4-2-1-3-5-16/h1-9,13-14H,10-12H2,(H,22,26)(H,24,25). The Morgan fingerprint density at radius 2 is 1.69 bits per heavy atom. The monoisotopic (exact) mass is 350 g/mol. The molecule has 6 heteroatoms. The molecule has 0 spiro atoms. The number of nitrogens with zero attached hydrogens (tertiary/aromatic N) is 2. The molecular formula is C20H19FN4O. The first-order valence-electron chi connectivity index (χ1n) is 8.33. The average Bonchev–Trinajstić information content (AvgIpc) is 2.69. The highest BCUT2D eigenvalue weighted by atomic mass is 19.1. The number of hydrogen-bond acceptors (Lipinski definition) is 4. The molecule has 132 valence electrons. The first kappa shape index (κ1) is 17.5. The summed E-state index contributed by atoms with van der Waals surface area (Å²) in [4.78, 5) is 20.4. The van der Waals surface area contributed by atoms with Crippen LogP contribution in [0.15, 0.2) is 67.0 Å². The molecular weight excluding hydrogens is 331 g/mol. The van der Waals surface area contributed by atoms with Crippen molar-refractivity contribution in [2.75, 3.05) is 11.9 Å². The van der Waals surface area contributed by atoms with Gasteiger partial charge >= 0.3 is 0 Å². The summed E-state index contributed by atoms with van der Waals surface area (Å²) in [5, 5.41) is 5.94. The summed E-state index contributed by atoms with van der Waals surface area (Å²) in [6.07, 6.45) is 3.61. The van der Waals surface area contributed by atoms with Crippen molar-refractivity contribution in [3.05, 3.63) is 89.6 Å². The van der Waals surface area contributed by atoms with Crippen LogP contribution in [-0.2, 0) is 13.0 Å². The molecule has 0 bridgehead atoms. The van der Waals surface area contributed by atoms with Gasteiger partial charge in [-0.3, -0.25) is 4.79 Å². The average molecular weight is 350 g/mol. The lowest BCUT2D eigenvalue weighted by atomic mass is 10.1. The van der Waals surface area contributed by atoms with Gasteiger partial charge in [-0.15, -0.1) is 0 Å². The first-order chi connectivity index (χ1) is 12.7. The van der Waals surface area contributed by atoms with Gasteiger partial charge in [0.05, 0.1) is 12.4 Å². The van der Waals surface area contributed by atoms with Gasteiger partial charge in [-0.1, -0.05) is 42.5 Å². The van der Waals surface area contributed by atoms with E-state index in [1.807, 2.05) is 30.3 Å². The maximum absolute atomic E-state index is 12.9. The number of carbonyl (C=O) groups excluding carboxylic acids is 1. The predicted molar refractivity (Wildman–Crippen MR) is 98.2 cm³/mol. The van der Waals surface area contributed by atoms with Crippen molar-refractivity contribution in [1.82, 2.24) is 15.3 Å². The quantitative estimate of drug-likeness (QED) is 0.687. The van der Waals surface area contributed by atoms with Gasteiger partial charge in [0.15, 0.2) is 0 Å². The van der Waals surface area contributed by atoms with E-state index in [0.29, 0.717) is 25.3 Å². The molecule has 0 radical (unpaired) electrons. The number of amides is 1. The second-order valence-corrected chi connectivity index (χ2v) is 5.76. The smallest absolute Gasteiger partial charge is 0.271 e. The second-order valence-electron chi connectivity index (χ2n) is 5.76. The summed E-state index contributed by atoms with van der Waals surface area (Å²) < 4.78 is 12.9. The Morgan fingerprint density at radius 3 is 2.38 bits per heavy atom. The van der Waals surface area contributed by atoms with Gasteiger partial charge < -0.3 is 10.6 Å². The van der Waals surface area contributed by atoms with Crippen LogP contribution in [0.3, 0.4) is 0 Å². The van der Waals surface area contributed by atoms with Crippen LogP contribution in [0.25, 0.3) is 0 Å². The summed E-state index contributed by atoms with van der Waals surface area (Å²) in [6.45, 7) is 1.08. The number of benzene rings is 2. The molecule has 1 heterocycles. The van der Waals surface area contributed by atoms with E-state index >= 15 is 0 Å². The summed E-state index contributed by atoms with van der Waals surface area (Å²) in [5.41, 5.74) is 2.35. The fourth-order valence-electron chi connectivity index (χ4n) is 2.39. The molecule has 5 nitrogen and oxygen atoms in total. The van der Waals surface area contributed by atoms with E-state index in [-0.39, 0.29) is 17.4 Å². The number of carbonyl (C=O) groups is 1. The Kier molecular flexibility index (Phi) is 5.88. The van der Waals surface area contributed by atoms with Gasteiger partial charge in [0.25, 0.3) is 5.91 Å². The number of nitrogens with one attached hydrogen (secondary N) is 2. The molecule has 26 heavy (non-hydrogen) atoms. The first-order valence-corrected chi connectivity index (χ1v) is 8.33.